The van der Waals surface area contributed by atoms with E-state index in [1.165, 1.54) is 0 Å². The molecule has 1 saturated heterocycles. The highest BCUT2D eigenvalue weighted by molar-refractivity contribution is 6.31. The lowest BCUT2D eigenvalue weighted by Crippen LogP contribution is -2.51. The van der Waals surface area contributed by atoms with Gasteiger partial charge in [0, 0.05) is 13.1 Å². The molecule has 0 aliphatic carbocycles. The molecule has 1 aromatic heterocycles. The Hall–Kier alpha value is -2.50. The van der Waals surface area contributed by atoms with Crippen LogP contribution in [0, 0.1) is 0 Å². The van der Waals surface area contributed by atoms with Crippen LogP contribution in [0.1, 0.15) is 10.5 Å². The van der Waals surface area contributed by atoms with Crippen LogP contribution in [0.2, 0.25) is 5.15 Å². The third-order valence-corrected chi connectivity index (χ3v) is 2.91. The third kappa shape index (κ3) is 3.78. The number of carbonyl (C=O) groups is 2. The largest absolute Gasteiger partial charge is 0.382 e. The highest BCUT2D eigenvalue weighted by Gasteiger charge is 2.20. The molecule has 1 fully saturated rings. The lowest BCUT2D eigenvalue weighted by atomic mass is 10.4. The number of nitrogens with two attached hydrogens (primary N) is 2. The summed E-state index contributed by atoms with van der Waals surface area (Å²) >= 11 is 5.66. The molecule has 0 bridgehead atoms. The summed E-state index contributed by atoms with van der Waals surface area (Å²) in [5.41, 5.74) is 15.4. The smallest absolute Gasteiger partial charge is 0.300 e. The maximum atomic E-state index is 11.8. The van der Waals surface area contributed by atoms with Gasteiger partial charge < -0.3 is 11.5 Å². The molecule has 0 aromatic carbocycles. The van der Waals surface area contributed by atoms with Crippen LogP contribution >= 0.6 is 11.6 Å². The molecule has 118 valence electrons. The van der Waals surface area contributed by atoms with E-state index in [2.05, 4.69) is 36.4 Å². The van der Waals surface area contributed by atoms with Crippen molar-refractivity contribution in [1.29, 1.82) is 0 Å². The molecule has 0 spiro atoms. The van der Waals surface area contributed by atoms with Crippen molar-refractivity contribution in [2.45, 2.75) is 6.17 Å². The average molecular weight is 328 g/mol. The molecule has 0 radical (unpaired) electrons. The van der Waals surface area contributed by atoms with E-state index >= 15 is 0 Å². The fourth-order valence-corrected chi connectivity index (χ4v) is 1.74. The number of aromatic nitrogens is 2. The van der Waals surface area contributed by atoms with Crippen LogP contribution in [0.5, 0.6) is 0 Å². The van der Waals surface area contributed by atoms with Gasteiger partial charge >= 0.3 is 5.91 Å². The maximum Gasteiger partial charge on any atom is 0.300 e. The van der Waals surface area contributed by atoms with Crippen molar-refractivity contribution in [3.8, 4) is 0 Å². The van der Waals surface area contributed by atoms with Crippen molar-refractivity contribution < 1.29 is 9.59 Å². The minimum Gasteiger partial charge on any atom is -0.382 e. The summed E-state index contributed by atoms with van der Waals surface area (Å²) in [4.78, 5) is 34.2. The summed E-state index contributed by atoms with van der Waals surface area (Å²) in [5.74, 6) is -1.40. The molecular weight excluding hydrogens is 314 g/mol. The molecule has 8 N–H and O–H groups in total. The Kier molecular flexibility index (Phi) is 5.04. The minimum absolute atomic E-state index is 0.0818. The van der Waals surface area contributed by atoms with Crippen molar-refractivity contribution in [1.82, 2.24) is 31.5 Å². The van der Waals surface area contributed by atoms with Crippen molar-refractivity contribution in [2.24, 2.45) is 4.99 Å². The van der Waals surface area contributed by atoms with E-state index in [9.17, 15) is 9.59 Å². The van der Waals surface area contributed by atoms with Crippen LogP contribution in [0.3, 0.4) is 0 Å². The van der Waals surface area contributed by atoms with Crippen LogP contribution in [0.15, 0.2) is 4.99 Å². The molecule has 1 aliphatic heterocycles. The number of hydrogen-bond donors (Lipinski definition) is 6. The van der Waals surface area contributed by atoms with Crippen LogP contribution in [0.25, 0.3) is 0 Å². The molecule has 2 heterocycles. The van der Waals surface area contributed by atoms with E-state index in [0.717, 1.165) is 6.34 Å². The van der Waals surface area contributed by atoms with E-state index in [4.69, 9.17) is 23.1 Å². The van der Waals surface area contributed by atoms with Gasteiger partial charge in [-0.1, -0.05) is 11.6 Å². The summed E-state index contributed by atoms with van der Waals surface area (Å²) in [6.45, 7) is 1.39. The number of hydrazine groups is 1. The van der Waals surface area contributed by atoms with Gasteiger partial charge in [0.05, 0.1) is 0 Å². The van der Waals surface area contributed by atoms with Gasteiger partial charge in [-0.2, -0.15) is 4.99 Å². The fraction of sp³-hybridized carbons (Fsp3) is 0.300. The molecule has 11 nitrogen and oxygen atoms in total. The molecule has 2 rings (SSSR count). The highest BCUT2D eigenvalue weighted by Crippen LogP contribution is 2.17. The first-order valence-electron chi connectivity index (χ1n) is 6.16. The first-order chi connectivity index (χ1) is 10.5. The van der Waals surface area contributed by atoms with Gasteiger partial charge in [-0.05, 0) is 0 Å². The summed E-state index contributed by atoms with van der Waals surface area (Å²) in [6, 6.07) is 0. The number of halogens is 1. The monoisotopic (exact) mass is 327 g/mol. The molecule has 0 saturated carbocycles. The molecule has 22 heavy (non-hydrogen) atoms. The third-order valence-electron chi connectivity index (χ3n) is 2.63. The zero-order chi connectivity index (χ0) is 16.1. The maximum absolute atomic E-state index is 11.8. The summed E-state index contributed by atoms with van der Waals surface area (Å²) in [7, 11) is 0. The molecule has 1 aliphatic rings. The molecule has 0 unspecified atom stereocenters. The van der Waals surface area contributed by atoms with Crippen LogP contribution in [-0.2, 0) is 4.79 Å². The number of rotatable bonds is 4. The van der Waals surface area contributed by atoms with E-state index in [-0.39, 0.29) is 28.4 Å². The minimum atomic E-state index is -0.786. The second-order valence-corrected chi connectivity index (χ2v) is 4.53. The predicted molar refractivity (Wildman–Crippen MR) is 79.8 cm³/mol. The van der Waals surface area contributed by atoms with E-state index < -0.39 is 12.1 Å². The Labute approximate surface area is 129 Å². The first kappa shape index (κ1) is 15.9. The summed E-state index contributed by atoms with van der Waals surface area (Å²) < 4.78 is 0. The van der Waals surface area contributed by atoms with E-state index in [1.54, 1.807) is 0 Å². The highest BCUT2D eigenvalue weighted by atomic mass is 35.5. The van der Waals surface area contributed by atoms with Crippen LogP contribution in [0.4, 0.5) is 11.6 Å². The van der Waals surface area contributed by atoms with E-state index in [1.807, 2.05) is 0 Å². The lowest BCUT2D eigenvalue weighted by Gasteiger charge is -2.10. The van der Waals surface area contributed by atoms with Crippen molar-refractivity contribution in [3.05, 3.63) is 10.8 Å². The average Bonchev–Trinajstić information content (AvgIpc) is 3.01. The molecular formula is C10H14ClN9O2. The Bertz CT molecular complexity index is 615. The molecule has 2 amide bonds. The molecule has 12 heteroatoms. The Morgan fingerprint density at radius 2 is 1.95 bits per heavy atom. The van der Waals surface area contributed by atoms with Crippen LogP contribution in [-0.4, -0.2) is 47.4 Å². The van der Waals surface area contributed by atoms with Gasteiger partial charge in [0.15, 0.2) is 22.5 Å². The second-order valence-electron chi connectivity index (χ2n) is 4.17. The first-order valence-corrected chi connectivity index (χ1v) is 6.54. The quantitative estimate of drug-likeness (QED) is 0.200. The fourth-order valence-electron chi connectivity index (χ4n) is 1.62. The van der Waals surface area contributed by atoms with Crippen molar-refractivity contribution in [3.63, 3.8) is 0 Å². The zero-order valence-electron chi connectivity index (χ0n) is 11.3. The number of nitrogens with zero attached hydrogens (tertiary/aromatic N) is 3. The van der Waals surface area contributed by atoms with Gasteiger partial charge in [0.2, 0.25) is 0 Å². The second kappa shape index (κ2) is 6.98. The predicted octanol–water partition coefficient (Wildman–Crippen LogP) is -2.40. The van der Waals surface area contributed by atoms with Gasteiger partial charge in [-0.25, -0.2) is 9.97 Å². The topological polar surface area (TPSA) is 172 Å². The molecule has 0 atom stereocenters. The number of nitrogen functional groups attached to an aromatic ring is 2. The Morgan fingerprint density at radius 1 is 1.27 bits per heavy atom. The van der Waals surface area contributed by atoms with Gasteiger partial charge in [0.25, 0.3) is 5.91 Å². The van der Waals surface area contributed by atoms with Crippen molar-refractivity contribution in [2.75, 3.05) is 24.6 Å². The van der Waals surface area contributed by atoms with Gasteiger partial charge in [-0.3, -0.25) is 31.1 Å². The summed E-state index contributed by atoms with van der Waals surface area (Å²) in [6.07, 6.45) is 0.495. The van der Waals surface area contributed by atoms with Gasteiger partial charge in [-0.15, -0.1) is 0 Å². The number of nitrogens with one attached hydrogen (secondary N) is 4. The normalized spacial score (nSPS) is 15.1. The zero-order valence-corrected chi connectivity index (χ0v) is 12.0. The number of anilines is 2. The van der Waals surface area contributed by atoms with Gasteiger partial charge in [0.1, 0.15) is 12.5 Å². The number of amides is 2. The van der Waals surface area contributed by atoms with Crippen LogP contribution < -0.4 is 33.0 Å². The van der Waals surface area contributed by atoms with E-state index in [0.29, 0.717) is 13.1 Å². The number of carbonyl (C=O) groups excluding carboxylic acids is 2. The molecule has 1 aromatic rings. The Balaban J connectivity index is 1.89. The number of aliphatic imine (C=N–C) groups is 1. The van der Waals surface area contributed by atoms with Crippen molar-refractivity contribution >= 4 is 41.4 Å². The SMILES string of the molecule is Nc1nc(N)c(C(=O)N=CNNC(=O)C2NCCN2)nc1Cl. The Morgan fingerprint density at radius 3 is 2.64 bits per heavy atom. The standard InChI is InChI=1S/C10H14ClN9O2/c11-5-7(13)19-6(12)4(18-5)9(21)16-3-17-20-10(22)8-14-1-2-15-8/h3,8,14-15H,1-2H2,(H,20,22)(H4,12,13,19)(H,16,17,21). The lowest BCUT2D eigenvalue weighted by molar-refractivity contribution is -0.123. The summed E-state index contributed by atoms with van der Waals surface area (Å²) in [5, 5.41) is 5.68. The number of hydrogen-bond acceptors (Lipinski definition) is 8.